The maximum atomic E-state index is 12.0. The largest absolute Gasteiger partial charge is 0.483 e. The Bertz CT molecular complexity index is 1140. The molecule has 0 N–H and O–H groups in total. The number of benzene rings is 3. The zero-order chi connectivity index (χ0) is 25.9. The molecule has 0 aliphatic heterocycles. The van der Waals surface area contributed by atoms with Crippen molar-refractivity contribution in [1.29, 1.82) is 0 Å². The second-order valence-corrected chi connectivity index (χ2v) is 7.00. The van der Waals surface area contributed by atoms with Crippen LogP contribution < -0.4 is 9.47 Å². The number of rotatable bonds is 12. The maximum absolute atomic E-state index is 12.0. The highest BCUT2D eigenvalue weighted by atomic mass is 16.6. The minimum Gasteiger partial charge on any atom is -0.483 e. The van der Waals surface area contributed by atoms with E-state index in [0.717, 1.165) is 6.07 Å². The molecule has 36 heavy (non-hydrogen) atoms. The Kier molecular flexibility index (Phi) is 8.87. The second-order valence-electron chi connectivity index (χ2n) is 7.00. The zero-order valence-electron chi connectivity index (χ0n) is 18.7. The molecule has 0 aliphatic rings. The molecule has 3 aromatic carbocycles. The summed E-state index contributed by atoms with van der Waals surface area (Å²) in [5, 5.41) is 22.8. The fraction of sp³-hybridized carbons (Fsp3) is 0.167. The highest BCUT2D eigenvalue weighted by Crippen LogP contribution is 2.39. The van der Waals surface area contributed by atoms with E-state index in [4.69, 9.17) is 18.9 Å². The summed E-state index contributed by atoms with van der Waals surface area (Å²) in [7, 11) is 0. The maximum Gasteiger partial charge on any atom is 0.338 e. The lowest BCUT2D eigenvalue weighted by molar-refractivity contribution is -0.395. The van der Waals surface area contributed by atoms with E-state index < -0.39 is 33.2 Å². The van der Waals surface area contributed by atoms with Gasteiger partial charge in [0.1, 0.15) is 32.5 Å². The minimum atomic E-state index is -0.844. The standard InChI is InChI=1S/C24H20N2O10/c27-23(17-7-3-1-4-8-17)35-13-11-33-21-16-22(20(26(31)32)15-19(21)25(29)30)34-12-14-36-24(28)18-9-5-2-6-10-18/h1-10,15-16H,11-14H2. The highest BCUT2D eigenvalue weighted by molar-refractivity contribution is 5.89. The Balaban J connectivity index is 1.62. The third kappa shape index (κ3) is 7.00. The number of carbonyl (C=O) groups is 2. The molecule has 3 rings (SSSR count). The van der Waals surface area contributed by atoms with Crippen molar-refractivity contribution in [2.75, 3.05) is 26.4 Å². The monoisotopic (exact) mass is 496 g/mol. The van der Waals surface area contributed by atoms with Crippen LogP contribution in [-0.4, -0.2) is 48.2 Å². The molecule has 0 unspecified atom stereocenters. The van der Waals surface area contributed by atoms with Gasteiger partial charge in [-0.05, 0) is 24.3 Å². The van der Waals surface area contributed by atoms with E-state index in [9.17, 15) is 29.8 Å². The van der Waals surface area contributed by atoms with Crippen molar-refractivity contribution in [2.24, 2.45) is 0 Å². The van der Waals surface area contributed by atoms with Crippen LogP contribution in [0.3, 0.4) is 0 Å². The summed E-state index contributed by atoms with van der Waals surface area (Å²) in [6.45, 7) is -0.975. The van der Waals surface area contributed by atoms with Crippen LogP contribution in [0.25, 0.3) is 0 Å². The molecule has 0 saturated heterocycles. The molecule has 0 atom stereocenters. The van der Waals surface area contributed by atoms with Crippen LogP contribution in [-0.2, 0) is 9.47 Å². The van der Waals surface area contributed by atoms with Crippen LogP contribution in [0.1, 0.15) is 20.7 Å². The number of esters is 2. The van der Waals surface area contributed by atoms with Crippen LogP contribution in [0.4, 0.5) is 11.4 Å². The van der Waals surface area contributed by atoms with E-state index in [-0.39, 0.29) is 37.9 Å². The van der Waals surface area contributed by atoms with Gasteiger partial charge in [0.25, 0.3) is 0 Å². The first-order valence-corrected chi connectivity index (χ1v) is 10.5. The van der Waals surface area contributed by atoms with Crippen LogP contribution >= 0.6 is 0 Å². The summed E-state index contributed by atoms with van der Waals surface area (Å²) in [6.07, 6.45) is 0. The Morgan fingerprint density at radius 3 is 1.36 bits per heavy atom. The van der Waals surface area contributed by atoms with Gasteiger partial charge in [-0.15, -0.1) is 0 Å². The number of nitro benzene ring substituents is 2. The van der Waals surface area contributed by atoms with Crippen molar-refractivity contribution in [3.63, 3.8) is 0 Å². The fourth-order valence-corrected chi connectivity index (χ4v) is 2.94. The van der Waals surface area contributed by atoms with Crippen LogP contribution in [0.15, 0.2) is 72.8 Å². The summed E-state index contributed by atoms with van der Waals surface area (Å²) in [5.41, 5.74) is -0.692. The lowest BCUT2D eigenvalue weighted by atomic mass is 10.2. The van der Waals surface area contributed by atoms with Gasteiger partial charge in [0, 0.05) is 6.07 Å². The molecule has 0 heterocycles. The summed E-state index contributed by atoms with van der Waals surface area (Å²) in [6, 6.07) is 18.1. The molecule has 12 heteroatoms. The van der Waals surface area contributed by atoms with Crippen molar-refractivity contribution < 1.29 is 38.4 Å². The van der Waals surface area contributed by atoms with Gasteiger partial charge >= 0.3 is 23.3 Å². The molecule has 0 radical (unpaired) electrons. The average molecular weight is 496 g/mol. The van der Waals surface area contributed by atoms with Gasteiger partial charge in [-0.2, -0.15) is 0 Å². The first-order chi connectivity index (χ1) is 17.4. The molecule has 0 aromatic heterocycles. The molecule has 0 spiro atoms. The molecule has 3 aromatic rings. The van der Waals surface area contributed by atoms with Gasteiger partial charge in [0.05, 0.1) is 21.0 Å². The van der Waals surface area contributed by atoms with E-state index in [1.165, 1.54) is 0 Å². The predicted molar refractivity (Wildman–Crippen MR) is 124 cm³/mol. The first kappa shape index (κ1) is 25.6. The summed E-state index contributed by atoms with van der Waals surface area (Å²) >= 11 is 0. The van der Waals surface area contributed by atoms with Crippen LogP contribution in [0.2, 0.25) is 0 Å². The smallest absolute Gasteiger partial charge is 0.338 e. The van der Waals surface area contributed by atoms with E-state index in [1.807, 2.05) is 0 Å². The Morgan fingerprint density at radius 1 is 0.611 bits per heavy atom. The van der Waals surface area contributed by atoms with Gasteiger partial charge in [-0.25, -0.2) is 9.59 Å². The van der Waals surface area contributed by atoms with Crippen molar-refractivity contribution in [2.45, 2.75) is 0 Å². The topological polar surface area (TPSA) is 157 Å². The van der Waals surface area contributed by atoms with E-state index >= 15 is 0 Å². The first-order valence-electron chi connectivity index (χ1n) is 10.5. The SMILES string of the molecule is O=C(OCCOc1cc(OCCOC(=O)c2ccccc2)c([N+](=O)[O-])cc1[N+](=O)[O-])c1ccccc1. The van der Waals surface area contributed by atoms with Crippen molar-refractivity contribution in [3.05, 3.63) is 104 Å². The Labute approximate surface area is 204 Å². The molecule has 0 saturated carbocycles. The third-order valence-electron chi connectivity index (χ3n) is 4.60. The Morgan fingerprint density at radius 2 is 1.00 bits per heavy atom. The molecular formula is C24H20N2O10. The summed E-state index contributed by atoms with van der Waals surface area (Å²) in [5.74, 6) is -1.85. The molecule has 186 valence electrons. The van der Waals surface area contributed by atoms with Gasteiger partial charge in [0.2, 0.25) is 11.5 Å². The molecule has 0 amide bonds. The molecule has 0 bridgehead atoms. The molecule has 12 nitrogen and oxygen atoms in total. The quantitative estimate of drug-likeness (QED) is 0.155. The Hall–Kier alpha value is -5.00. The number of hydrogen-bond acceptors (Lipinski definition) is 10. The number of nitro groups is 2. The predicted octanol–water partition coefficient (Wildman–Crippen LogP) is 3.97. The lowest BCUT2D eigenvalue weighted by Crippen LogP contribution is -2.14. The number of carbonyl (C=O) groups excluding carboxylic acids is 2. The van der Waals surface area contributed by atoms with Gasteiger partial charge in [-0.1, -0.05) is 36.4 Å². The molecule has 0 aliphatic carbocycles. The summed E-state index contributed by atoms with van der Waals surface area (Å²) < 4.78 is 20.8. The lowest BCUT2D eigenvalue weighted by Gasteiger charge is -2.11. The minimum absolute atomic E-state index is 0.229. The third-order valence-corrected chi connectivity index (χ3v) is 4.60. The number of ether oxygens (including phenoxy) is 4. The van der Waals surface area contributed by atoms with E-state index in [0.29, 0.717) is 17.2 Å². The fourth-order valence-electron chi connectivity index (χ4n) is 2.94. The summed E-state index contributed by atoms with van der Waals surface area (Å²) in [4.78, 5) is 45.1. The molecular weight excluding hydrogens is 476 g/mol. The number of nitrogens with zero attached hydrogens (tertiary/aromatic N) is 2. The van der Waals surface area contributed by atoms with Crippen LogP contribution in [0.5, 0.6) is 11.5 Å². The van der Waals surface area contributed by atoms with Gasteiger partial charge < -0.3 is 18.9 Å². The zero-order valence-corrected chi connectivity index (χ0v) is 18.7. The number of hydrogen-bond donors (Lipinski definition) is 0. The van der Waals surface area contributed by atoms with Gasteiger partial charge in [-0.3, -0.25) is 20.2 Å². The van der Waals surface area contributed by atoms with Crippen molar-refractivity contribution in [3.8, 4) is 11.5 Å². The highest BCUT2D eigenvalue weighted by Gasteiger charge is 2.27. The van der Waals surface area contributed by atoms with Crippen LogP contribution in [0, 0.1) is 20.2 Å². The average Bonchev–Trinajstić information content (AvgIpc) is 2.89. The second kappa shape index (κ2) is 12.5. The normalized spacial score (nSPS) is 10.2. The van der Waals surface area contributed by atoms with Crippen molar-refractivity contribution >= 4 is 23.3 Å². The van der Waals surface area contributed by atoms with E-state index in [2.05, 4.69) is 0 Å². The van der Waals surface area contributed by atoms with Gasteiger partial charge in [0.15, 0.2) is 0 Å². The van der Waals surface area contributed by atoms with E-state index in [1.54, 1.807) is 60.7 Å². The van der Waals surface area contributed by atoms with Crippen molar-refractivity contribution in [1.82, 2.24) is 0 Å². The molecule has 0 fully saturated rings.